The van der Waals surface area contributed by atoms with E-state index in [0.717, 1.165) is 31.7 Å². The molecule has 1 rings (SSSR count). The van der Waals surface area contributed by atoms with Gasteiger partial charge in [0.25, 0.3) is 0 Å². The second-order valence-corrected chi connectivity index (χ2v) is 5.12. The highest BCUT2D eigenvalue weighted by Gasteiger charge is 2.06. The van der Waals surface area contributed by atoms with Crippen LogP contribution in [-0.4, -0.2) is 35.1 Å². The third-order valence-corrected chi connectivity index (χ3v) is 3.35. The maximum atomic E-state index is 11.3. The molecule has 1 amide bonds. The number of carbonyl (C=O) groups excluding carboxylic acids is 1. The van der Waals surface area contributed by atoms with Gasteiger partial charge in [-0.05, 0) is 38.1 Å². The number of hydrogen-bond donors (Lipinski definition) is 1. The van der Waals surface area contributed by atoms with E-state index in [4.69, 9.17) is 0 Å². The molecule has 1 N–H and O–H groups in total. The quantitative estimate of drug-likeness (QED) is 0.743. The predicted octanol–water partition coefficient (Wildman–Crippen LogP) is 2.39. The molecule has 0 aromatic carbocycles. The smallest absolute Gasteiger partial charge is 0.229 e. The van der Waals surface area contributed by atoms with Crippen molar-refractivity contribution in [3.05, 3.63) is 29.6 Å². The van der Waals surface area contributed by atoms with Gasteiger partial charge in [-0.1, -0.05) is 24.9 Å². The van der Waals surface area contributed by atoms with Gasteiger partial charge in [-0.15, -0.1) is 0 Å². The highest BCUT2D eigenvalue weighted by Crippen LogP contribution is 2.06. The molecular weight excluding hydrogens is 258 g/mol. The van der Waals surface area contributed by atoms with Crippen molar-refractivity contribution in [2.75, 3.05) is 19.3 Å². The average molecular weight is 281 g/mol. The Kier molecular flexibility index (Phi) is 7.52. The molecule has 0 spiro atoms. The summed E-state index contributed by atoms with van der Waals surface area (Å²) in [5.41, 5.74) is 2.27. The number of nitrogens with zero attached hydrogens (tertiary/aromatic N) is 2. The zero-order chi connectivity index (χ0) is 14.1. The van der Waals surface area contributed by atoms with Crippen LogP contribution in [0.25, 0.3) is 0 Å². The Balaban J connectivity index is 2.33. The number of nitrogens with one attached hydrogen (secondary N) is 1. The van der Waals surface area contributed by atoms with Crippen molar-refractivity contribution < 1.29 is 4.79 Å². The molecular formula is C14H23N3OS. The van der Waals surface area contributed by atoms with Crippen LogP contribution in [0.1, 0.15) is 31.0 Å². The molecule has 0 aliphatic heterocycles. The van der Waals surface area contributed by atoms with Crippen molar-refractivity contribution in [1.82, 2.24) is 14.6 Å². The van der Waals surface area contributed by atoms with E-state index in [1.54, 1.807) is 0 Å². The summed E-state index contributed by atoms with van der Waals surface area (Å²) in [6, 6.07) is 4.15. The average Bonchev–Trinajstić information content (AvgIpc) is 2.40. The minimum Gasteiger partial charge on any atom is -0.300 e. The Labute approximate surface area is 120 Å². The van der Waals surface area contributed by atoms with Crippen LogP contribution in [0.15, 0.2) is 18.3 Å². The summed E-state index contributed by atoms with van der Waals surface area (Å²) in [6.45, 7) is 6.95. The monoisotopic (exact) mass is 281 g/mol. The van der Waals surface area contributed by atoms with E-state index < -0.39 is 0 Å². The van der Waals surface area contributed by atoms with Gasteiger partial charge in [-0.2, -0.15) is 0 Å². The first-order valence-electron chi connectivity index (χ1n) is 6.61. The Bertz CT molecular complexity index is 381. The highest BCUT2D eigenvalue weighted by molar-refractivity contribution is 7.97. The first-order valence-corrected chi connectivity index (χ1v) is 7.84. The molecule has 1 aromatic heterocycles. The zero-order valence-electron chi connectivity index (χ0n) is 12.0. The Morgan fingerprint density at radius 3 is 2.84 bits per heavy atom. The summed E-state index contributed by atoms with van der Waals surface area (Å²) in [5, 5.41) is 0. The molecule has 0 fully saturated rings. The minimum absolute atomic E-state index is 0.112. The summed E-state index contributed by atoms with van der Waals surface area (Å²) in [7, 11) is 0. The lowest BCUT2D eigenvalue weighted by Crippen LogP contribution is -2.25. The van der Waals surface area contributed by atoms with E-state index in [1.807, 2.05) is 25.4 Å². The summed E-state index contributed by atoms with van der Waals surface area (Å²) in [4.78, 5) is 18.0. The number of hydrogen-bond acceptors (Lipinski definition) is 4. The molecule has 1 heterocycles. The predicted molar refractivity (Wildman–Crippen MR) is 80.8 cm³/mol. The van der Waals surface area contributed by atoms with Crippen LogP contribution in [0.5, 0.6) is 0 Å². The first-order chi connectivity index (χ1) is 9.15. The van der Waals surface area contributed by atoms with Gasteiger partial charge in [0.05, 0.1) is 0 Å². The number of aryl methyl sites for hydroxylation is 1. The molecule has 4 nitrogen and oxygen atoms in total. The van der Waals surface area contributed by atoms with Crippen LogP contribution >= 0.6 is 11.9 Å². The SMILES string of the molecule is CCN(CCCC(=O)NSC)Cc1ccc(C)nc1. The van der Waals surface area contributed by atoms with Crippen LogP contribution in [0, 0.1) is 6.92 Å². The van der Waals surface area contributed by atoms with Crippen molar-refractivity contribution in [2.24, 2.45) is 0 Å². The summed E-state index contributed by atoms with van der Waals surface area (Å²) >= 11 is 1.36. The fraction of sp³-hybridized carbons (Fsp3) is 0.571. The third-order valence-electron chi connectivity index (χ3n) is 2.92. The molecule has 0 aliphatic rings. The normalized spacial score (nSPS) is 10.7. The van der Waals surface area contributed by atoms with Crippen LogP contribution in [-0.2, 0) is 11.3 Å². The number of carbonyl (C=O) groups is 1. The lowest BCUT2D eigenvalue weighted by molar-refractivity contribution is -0.119. The molecule has 19 heavy (non-hydrogen) atoms. The molecule has 0 unspecified atom stereocenters. The number of aromatic nitrogens is 1. The summed E-state index contributed by atoms with van der Waals surface area (Å²) in [6.07, 6.45) is 5.27. The fourth-order valence-corrected chi connectivity index (χ4v) is 2.16. The molecule has 106 valence electrons. The summed E-state index contributed by atoms with van der Waals surface area (Å²) < 4.78 is 2.74. The van der Waals surface area contributed by atoms with Crippen molar-refractivity contribution >= 4 is 17.9 Å². The van der Waals surface area contributed by atoms with Gasteiger partial charge in [0.1, 0.15) is 0 Å². The van der Waals surface area contributed by atoms with Crippen LogP contribution in [0.2, 0.25) is 0 Å². The molecule has 5 heteroatoms. The van der Waals surface area contributed by atoms with E-state index in [2.05, 4.69) is 27.6 Å². The van der Waals surface area contributed by atoms with E-state index in [-0.39, 0.29) is 5.91 Å². The van der Waals surface area contributed by atoms with Gasteiger partial charge in [-0.25, -0.2) is 0 Å². The van der Waals surface area contributed by atoms with Gasteiger partial charge >= 0.3 is 0 Å². The van der Waals surface area contributed by atoms with Gasteiger partial charge < -0.3 is 4.72 Å². The molecule has 1 aromatic rings. The van der Waals surface area contributed by atoms with Gasteiger partial charge in [-0.3, -0.25) is 14.7 Å². The first kappa shape index (κ1) is 16.0. The second kappa shape index (κ2) is 8.93. The second-order valence-electron chi connectivity index (χ2n) is 4.51. The zero-order valence-corrected chi connectivity index (χ0v) is 12.8. The van der Waals surface area contributed by atoms with E-state index in [9.17, 15) is 4.79 Å². The fourth-order valence-electron chi connectivity index (χ4n) is 1.83. The lowest BCUT2D eigenvalue weighted by Gasteiger charge is -2.20. The van der Waals surface area contributed by atoms with Crippen molar-refractivity contribution in [3.8, 4) is 0 Å². The standard InChI is InChI=1S/C14H23N3OS/c1-4-17(9-5-6-14(18)16-19-3)11-13-8-7-12(2)15-10-13/h7-8,10H,4-6,9,11H2,1-3H3,(H,16,18). The third kappa shape index (κ3) is 6.59. The molecule has 0 saturated carbocycles. The highest BCUT2D eigenvalue weighted by atomic mass is 32.2. The Hall–Kier alpha value is -1.07. The minimum atomic E-state index is 0.112. The molecule has 0 aliphatic carbocycles. The van der Waals surface area contributed by atoms with Crippen molar-refractivity contribution in [2.45, 2.75) is 33.2 Å². The van der Waals surface area contributed by atoms with E-state index in [0.29, 0.717) is 6.42 Å². The number of rotatable bonds is 8. The van der Waals surface area contributed by atoms with E-state index >= 15 is 0 Å². The maximum absolute atomic E-state index is 11.3. The molecule has 0 atom stereocenters. The maximum Gasteiger partial charge on any atom is 0.229 e. The topological polar surface area (TPSA) is 45.2 Å². The van der Waals surface area contributed by atoms with Crippen LogP contribution in [0.4, 0.5) is 0 Å². The van der Waals surface area contributed by atoms with Crippen LogP contribution < -0.4 is 4.72 Å². The van der Waals surface area contributed by atoms with Crippen molar-refractivity contribution in [3.63, 3.8) is 0 Å². The van der Waals surface area contributed by atoms with Crippen molar-refractivity contribution in [1.29, 1.82) is 0 Å². The Morgan fingerprint density at radius 1 is 1.47 bits per heavy atom. The Morgan fingerprint density at radius 2 is 2.26 bits per heavy atom. The molecule has 0 saturated heterocycles. The molecule has 0 radical (unpaired) electrons. The number of amides is 1. The van der Waals surface area contributed by atoms with Gasteiger partial charge in [0, 0.05) is 31.1 Å². The van der Waals surface area contributed by atoms with E-state index in [1.165, 1.54) is 17.5 Å². The lowest BCUT2D eigenvalue weighted by atomic mass is 10.2. The number of pyridine rings is 1. The summed E-state index contributed by atoms with van der Waals surface area (Å²) in [5.74, 6) is 0.112. The van der Waals surface area contributed by atoms with Gasteiger partial charge in [0.2, 0.25) is 5.91 Å². The largest absolute Gasteiger partial charge is 0.300 e. The molecule has 0 bridgehead atoms. The van der Waals surface area contributed by atoms with Gasteiger partial charge in [0.15, 0.2) is 0 Å². The van der Waals surface area contributed by atoms with Crippen LogP contribution in [0.3, 0.4) is 0 Å².